The highest BCUT2D eigenvalue weighted by molar-refractivity contribution is 5.31. The number of hydrogen-bond donors (Lipinski definition) is 0. The van der Waals surface area contributed by atoms with Crippen molar-refractivity contribution in [1.82, 2.24) is 0 Å². The molecule has 2 saturated carbocycles. The fourth-order valence-electron chi connectivity index (χ4n) is 6.44. The van der Waals surface area contributed by atoms with Crippen molar-refractivity contribution < 1.29 is 9.47 Å². The van der Waals surface area contributed by atoms with Gasteiger partial charge in [-0.3, -0.25) is 0 Å². The first-order chi connectivity index (χ1) is 16.8. The molecule has 3 rings (SSSR count). The molecule has 0 radical (unpaired) electrons. The van der Waals surface area contributed by atoms with Gasteiger partial charge in [0, 0.05) is 0 Å². The van der Waals surface area contributed by atoms with Crippen molar-refractivity contribution in [3.05, 3.63) is 24.3 Å². The highest BCUT2D eigenvalue weighted by Gasteiger charge is 2.24. The molecule has 2 heteroatoms. The SMILES string of the molecule is CCCCCCC1CCC(COc2ccc(OCCCC3CCCCC3CCCC)cc2)CC1. The Morgan fingerprint density at radius 2 is 1.18 bits per heavy atom. The van der Waals surface area contributed by atoms with E-state index in [2.05, 4.69) is 38.1 Å². The van der Waals surface area contributed by atoms with Gasteiger partial charge in [-0.1, -0.05) is 104 Å². The number of hydrogen-bond acceptors (Lipinski definition) is 2. The molecule has 0 saturated heterocycles. The zero-order valence-electron chi connectivity index (χ0n) is 22.6. The molecular weight excluding hydrogens is 416 g/mol. The molecular formula is C32H54O2. The van der Waals surface area contributed by atoms with Crippen molar-refractivity contribution in [3.63, 3.8) is 0 Å². The van der Waals surface area contributed by atoms with E-state index in [0.29, 0.717) is 0 Å². The number of ether oxygens (including phenoxy) is 2. The monoisotopic (exact) mass is 470 g/mol. The summed E-state index contributed by atoms with van der Waals surface area (Å²) in [6, 6.07) is 8.37. The Hall–Kier alpha value is -1.18. The maximum Gasteiger partial charge on any atom is 0.119 e. The molecule has 1 aromatic carbocycles. The van der Waals surface area contributed by atoms with Crippen LogP contribution in [-0.4, -0.2) is 13.2 Å². The minimum atomic E-state index is 0.740. The van der Waals surface area contributed by atoms with Crippen molar-refractivity contribution >= 4 is 0 Å². The van der Waals surface area contributed by atoms with Crippen molar-refractivity contribution in [1.29, 1.82) is 0 Å². The van der Waals surface area contributed by atoms with Crippen molar-refractivity contribution in [2.75, 3.05) is 13.2 Å². The Bertz CT molecular complexity index is 616. The molecule has 2 aliphatic rings. The molecule has 0 heterocycles. The minimum absolute atomic E-state index is 0.740. The summed E-state index contributed by atoms with van der Waals surface area (Å²) < 4.78 is 12.2. The molecule has 0 aliphatic heterocycles. The van der Waals surface area contributed by atoms with E-state index in [1.165, 1.54) is 116 Å². The van der Waals surface area contributed by atoms with Crippen molar-refractivity contribution in [2.24, 2.45) is 23.7 Å². The quantitative estimate of drug-likeness (QED) is 0.224. The lowest BCUT2D eigenvalue weighted by molar-refractivity contribution is 0.177. The zero-order chi connectivity index (χ0) is 23.8. The molecule has 0 N–H and O–H groups in total. The van der Waals surface area contributed by atoms with Crippen molar-refractivity contribution in [2.45, 2.75) is 129 Å². The van der Waals surface area contributed by atoms with Crippen LogP contribution in [0.2, 0.25) is 0 Å². The topological polar surface area (TPSA) is 18.5 Å². The van der Waals surface area contributed by atoms with Gasteiger partial charge in [0.05, 0.1) is 13.2 Å². The zero-order valence-corrected chi connectivity index (χ0v) is 22.6. The Kier molecular flexibility index (Phi) is 13.3. The summed E-state index contributed by atoms with van der Waals surface area (Å²) >= 11 is 0. The lowest BCUT2D eigenvalue weighted by Crippen LogP contribution is -2.20. The lowest BCUT2D eigenvalue weighted by Gasteiger charge is -2.31. The molecule has 0 spiro atoms. The lowest BCUT2D eigenvalue weighted by atomic mass is 9.75. The van der Waals surface area contributed by atoms with E-state index in [1.807, 2.05) is 0 Å². The second kappa shape index (κ2) is 16.5. The van der Waals surface area contributed by atoms with Crippen LogP contribution >= 0.6 is 0 Å². The third kappa shape index (κ3) is 10.2. The van der Waals surface area contributed by atoms with Gasteiger partial charge in [-0.05, 0) is 73.6 Å². The fraction of sp³-hybridized carbons (Fsp3) is 0.812. The summed E-state index contributed by atoms with van der Waals surface area (Å²) in [6.45, 7) is 6.35. The van der Waals surface area contributed by atoms with E-state index in [-0.39, 0.29) is 0 Å². The van der Waals surface area contributed by atoms with Crippen LogP contribution in [0.25, 0.3) is 0 Å². The molecule has 194 valence electrons. The number of rotatable bonds is 16. The van der Waals surface area contributed by atoms with Crippen LogP contribution in [0.1, 0.15) is 129 Å². The first-order valence-corrected chi connectivity index (χ1v) is 15.1. The molecule has 1 aromatic rings. The second-order valence-electron chi connectivity index (χ2n) is 11.5. The molecule has 2 aliphatic carbocycles. The van der Waals surface area contributed by atoms with Crippen molar-refractivity contribution in [3.8, 4) is 11.5 Å². The van der Waals surface area contributed by atoms with Crippen LogP contribution < -0.4 is 9.47 Å². The molecule has 2 unspecified atom stereocenters. The third-order valence-electron chi connectivity index (χ3n) is 8.72. The minimum Gasteiger partial charge on any atom is -0.494 e. The third-order valence-corrected chi connectivity index (χ3v) is 8.72. The van der Waals surface area contributed by atoms with Crippen LogP contribution in [0.3, 0.4) is 0 Å². The molecule has 2 fully saturated rings. The number of benzene rings is 1. The van der Waals surface area contributed by atoms with Crippen LogP contribution in [0.4, 0.5) is 0 Å². The van der Waals surface area contributed by atoms with Gasteiger partial charge in [-0.2, -0.15) is 0 Å². The highest BCUT2D eigenvalue weighted by atomic mass is 16.5. The first kappa shape index (κ1) is 27.4. The maximum atomic E-state index is 6.14. The van der Waals surface area contributed by atoms with Gasteiger partial charge in [-0.25, -0.2) is 0 Å². The standard InChI is InChI=1S/C32H54O2/c1-3-5-7-8-12-27-17-19-28(20-18-27)26-34-32-23-21-31(22-24-32)33-25-11-16-30-15-10-9-14-29(30)13-6-4-2/h21-24,27-30H,3-20,25-26H2,1-2H3. The van der Waals surface area contributed by atoms with Gasteiger partial charge < -0.3 is 9.47 Å². The molecule has 2 nitrogen and oxygen atoms in total. The van der Waals surface area contributed by atoms with Crippen LogP contribution in [0.15, 0.2) is 24.3 Å². The average Bonchev–Trinajstić information content (AvgIpc) is 2.88. The first-order valence-electron chi connectivity index (χ1n) is 15.1. The van der Waals surface area contributed by atoms with Gasteiger partial charge in [0.15, 0.2) is 0 Å². The molecule has 34 heavy (non-hydrogen) atoms. The molecule has 2 atom stereocenters. The van der Waals surface area contributed by atoms with E-state index >= 15 is 0 Å². The average molecular weight is 471 g/mol. The largest absolute Gasteiger partial charge is 0.494 e. The molecule has 0 amide bonds. The second-order valence-corrected chi connectivity index (χ2v) is 11.5. The van der Waals surface area contributed by atoms with E-state index in [4.69, 9.17) is 9.47 Å². The summed E-state index contributed by atoms with van der Waals surface area (Å²) in [5.41, 5.74) is 0. The Balaban J connectivity index is 1.26. The Morgan fingerprint density at radius 1 is 0.588 bits per heavy atom. The van der Waals surface area contributed by atoms with Crippen LogP contribution in [-0.2, 0) is 0 Å². The van der Waals surface area contributed by atoms with Gasteiger partial charge in [0.2, 0.25) is 0 Å². The van der Waals surface area contributed by atoms with Gasteiger partial charge in [0.1, 0.15) is 11.5 Å². The normalized spacial score (nSPS) is 25.2. The van der Waals surface area contributed by atoms with E-state index in [0.717, 1.165) is 48.4 Å². The summed E-state index contributed by atoms with van der Waals surface area (Å²) in [5, 5.41) is 0. The van der Waals surface area contributed by atoms with Gasteiger partial charge in [-0.15, -0.1) is 0 Å². The predicted molar refractivity (Wildman–Crippen MR) is 146 cm³/mol. The summed E-state index contributed by atoms with van der Waals surface area (Å²) in [5.74, 6) is 5.62. The number of unbranched alkanes of at least 4 members (excludes halogenated alkanes) is 4. The van der Waals surface area contributed by atoms with E-state index in [1.54, 1.807) is 0 Å². The molecule has 0 aromatic heterocycles. The van der Waals surface area contributed by atoms with E-state index < -0.39 is 0 Å². The predicted octanol–water partition coefficient (Wildman–Crippen LogP) is 10.00. The van der Waals surface area contributed by atoms with E-state index in [9.17, 15) is 0 Å². The summed E-state index contributed by atoms with van der Waals surface area (Å²) in [6.07, 6.45) is 25.1. The fourth-order valence-corrected chi connectivity index (χ4v) is 6.44. The maximum absolute atomic E-state index is 6.14. The summed E-state index contributed by atoms with van der Waals surface area (Å²) in [4.78, 5) is 0. The Morgan fingerprint density at radius 3 is 1.82 bits per heavy atom. The van der Waals surface area contributed by atoms with Gasteiger partial charge in [0.25, 0.3) is 0 Å². The summed E-state index contributed by atoms with van der Waals surface area (Å²) in [7, 11) is 0. The highest BCUT2D eigenvalue weighted by Crippen LogP contribution is 2.36. The smallest absolute Gasteiger partial charge is 0.119 e. The molecule has 0 bridgehead atoms. The van der Waals surface area contributed by atoms with Gasteiger partial charge >= 0.3 is 0 Å². The van der Waals surface area contributed by atoms with Crippen LogP contribution in [0.5, 0.6) is 11.5 Å². The Labute approximate surface area is 211 Å². The van der Waals surface area contributed by atoms with Crippen LogP contribution in [0, 0.1) is 23.7 Å².